The summed E-state index contributed by atoms with van der Waals surface area (Å²) in [5, 5.41) is 8.91. The van der Waals surface area contributed by atoms with Crippen molar-refractivity contribution in [2.45, 2.75) is 46.0 Å². The fourth-order valence-corrected chi connectivity index (χ4v) is 2.07. The summed E-state index contributed by atoms with van der Waals surface area (Å²) >= 11 is 0. The molecule has 0 saturated carbocycles. The maximum absolute atomic E-state index is 10.8. The molecule has 1 N–H and O–H groups in total. The third-order valence-electron chi connectivity index (χ3n) is 3.08. The summed E-state index contributed by atoms with van der Waals surface area (Å²) in [7, 11) is 0. The average molecular weight is 242 g/mol. The summed E-state index contributed by atoms with van der Waals surface area (Å²) in [4.78, 5) is 10.8. The van der Waals surface area contributed by atoms with Gasteiger partial charge >= 0.3 is 5.97 Å². The van der Waals surface area contributed by atoms with Gasteiger partial charge in [-0.1, -0.05) is 20.4 Å². The lowest BCUT2D eigenvalue weighted by molar-refractivity contribution is -0.260. The van der Waals surface area contributed by atoms with Crippen molar-refractivity contribution in [3.05, 3.63) is 12.2 Å². The van der Waals surface area contributed by atoms with E-state index in [1.54, 1.807) is 6.92 Å². The Hall–Kier alpha value is -0.870. The van der Waals surface area contributed by atoms with E-state index in [-0.39, 0.29) is 17.9 Å². The van der Waals surface area contributed by atoms with Gasteiger partial charge in [-0.15, -0.1) is 0 Å². The van der Waals surface area contributed by atoms with Crippen molar-refractivity contribution in [1.82, 2.24) is 0 Å². The van der Waals surface area contributed by atoms with Crippen LogP contribution in [0.1, 0.15) is 34.1 Å². The third kappa shape index (κ3) is 3.82. The number of carboxylic acids is 1. The fraction of sp³-hybridized carbons (Fsp3) is 0.769. The molecule has 0 aromatic heterocycles. The minimum absolute atomic E-state index is 0.122. The standard InChI is InChI=1S/C13H22O4/c1-8(6-9(2)12(14)15)11-10(3)7-16-13(4,5)17-11/h8-9,11H,3,6-7H2,1-2,4-5H3,(H,14,15)/t8-,9+,11-/m0/s1. The summed E-state index contributed by atoms with van der Waals surface area (Å²) in [5.74, 6) is -1.63. The molecule has 0 amide bonds. The number of carboxylic acid groups (broad SMARTS) is 1. The fourth-order valence-electron chi connectivity index (χ4n) is 2.07. The van der Waals surface area contributed by atoms with E-state index in [9.17, 15) is 4.79 Å². The molecule has 0 aliphatic carbocycles. The van der Waals surface area contributed by atoms with Gasteiger partial charge in [-0.3, -0.25) is 4.79 Å². The first-order valence-electron chi connectivity index (χ1n) is 5.95. The highest BCUT2D eigenvalue weighted by molar-refractivity contribution is 5.69. The van der Waals surface area contributed by atoms with E-state index in [0.29, 0.717) is 13.0 Å². The maximum Gasteiger partial charge on any atom is 0.306 e. The molecule has 98 valence electrons. The van der Waals surface area contributed by atoms with Crippen LogP contribution < -0.4 is 0 Å². The van der Waals surface area contributed by atoms with E-state index in [2.05, 4.69) is 6.58 Å². The van der Waals surface area contributed by atoms with Crippen LogP contribution in [0.4, 0.5) is 0 Å². The first-order valence-corrected chi connectivity index (χ1v) is 5.95. The summed E-state index contributed by atoms with van der Waals surface area (Å²) in [5.41, 5.74) is 0.884. The van der Waals surface area contributed by atoms with Crippen LogP contribution >= 0.6 is 0 Å². The molecular formula is C13H22O4. The zero-order valence-corrected chi connectivity index (χ0v) is 11.0. The van der Waals surface area contributed by atoms with Gasteiger partial charge in [0.2, 0.25) is 0 Å². The lowest BCUT2D eigenvalue weighted by atomic mass is 9.89. The summed E-state index contributed by atoms with van der Waals surface area (Å²) in [6.07, 6.45) is 0.454. The van der Waals surface area contributed by atoms with Gasteiger partial charge in [-0.25, -0.2) is 0 Å². The molecule has 0 aromatic carbocycles. The molecule has 1 heterocycles. The van der Waals surface area contributed by atoms with Gasteiger partial charge in [0.15, 0.2) is 5.79 Å². The van der Waals surface area contributed by atoms with Crippen LogP contribution in [-0.4, -0.2) is 29.6 Å². The van der Waals surface area contributed by atoms with Crippen LogP contribution in [0.5, 0.6) is 0 Å². The van der Waals surface area contributed by atoms with E-state index in [4.69, 9.17) is 14.6 Å². The van der Waals surface area contributed by atoms with E-state index < -0.39 is 11.8 Å². The quantitative estimate of drug-likeness (QED) is 0.769. The number of rotatable bonds is 4. The number of aliphatic carboxylic acids is 1. The van der Waals surface area contributed by atoms with Gasteiger partial charge in [-0.2, -0.15) is 0 Å². The molecule has 4 heteroatoms. The zero-order valence-electron chi connectivity index (χ0n) is 11.0. The highest BCUT2D eigenvalue weighted by Crippen LogP contribution is 2.31. The smallest absolute Gasteiger partial charge is 0.306 e. The molecule has 0 bridgehead atoms. The molecule has 3 atom stereocenters. The van der Waals surface area contributed by atoms with Crippen LogP contribution in [0, 0.1) is 11.8 Å². The third-order valence-corrected chi connectivity index (χ3v) is 3.08. The Balaban J connectivity index is 2.63. The first-order chi connectivity index (χ1) is 7.73. The second-order valence-corrected chi connectivity index (χ2v) is 5.34. The molecule has 1 saturated heterocycles. The predicted molar refractivity (Wildman–Crippen MR) is 64.6 cm³/mol. The largest absolute Gasteiger partial charge is 0.481 e. The van der Waals surface area contributed by atoms with Gasteiger partial charge in [0.1, 0.15) is 0 Å². The van der Waals surface area contributed by atoms with Crippen molar-refractivity contribution in [2.75, 3.05) is 6.61 Å². The summed E-state index contributed by atoms with van der Waals surface area (Å²) in [6, 6.07) is 0. The molecule has 4 nitrogen and oxygen atoms in total. The van der Waals surface area contributed by atoms with Crippen molar-refractivity contribution in [1.29, 1.82) is 0 Å². The van der Waals surface area contributed by atoms with E-state index in [0.717, 1.165) is 5.57 Å². The maximum atomic E-state index is 10.8. The minimum atomic E-state index is -0.770. The number of carbonyl (C=O) groups is 1. The SMILES string of the molecule is C=C1COC(C)(C)O[C@H]1[C@@H](C)C[C@@H](C)C(=O)O. The molecule has 0 radical (unpaired) electrons. The van der Waals surface area contributed by atoms with Crippen LogP contribution in [-0.2, 0) is 14.3 Å². The topological polar surface area (TPSA) is 55.8 Å². The highest BCUT2D eigenvalue weighted by Gasteiger charge is 2.35. The number of ether oxygens (including phenoxy) is 2. The Labute approximate surface area is 103 Å². The van der Waals surface area contributed by atoms with Crippen LogP contribution in [0.15, 0.2) is 12.2 Å². The summed E-state index contributed by atoms with van der Waals surface area (Å²) < 4.78 is 11.3. The Kier molecular flexibility index (Phi) is 4.33. The lowest BCUT2D eigenvalue weighted by Crippen LogP contribution is -2.44. The average Bonchev–Trinajstić information content (AvgIpc) is 2.21. The molecule has 17 heavy (non-hydrogen) atoms. The van der Waals surface area contributed by atoms with Gasteiger partial charge in [-0.05, 0) is 31.8 Å². The van der Waals surface area contributed by atoms with Gasteiger partial charge in [0.25, 0.3) is 0 Å². The molecule has 0 unspecified atom stereocenters. The van der Waals surface area contributed by atoms with Crippen LogP contribution in [0.3, 0.4) is 0 Å². The normalized spacial score (nSPS) is 27.5. The van der Waals surface area contributed by atoms with Crippen molar-refractivity contribution < 1.29 is 19.4 Å². The van der Waals surface area contributed by atoms with Gasteiger partial charge in [0, 0.05) is 0 Å². The van der Waals surface area contributed by atoms with Gasteiger partial charge < -0.3 is 14.6 Å². The second-order valence-electron chi connectivity index (χ2n) is 5.34. The van der Waals surface area contributed by atoms with Crippen molar-refractivity contribution in [3.8, 4) is 0 Å². The molecule has 1 aliphatic rings. The number of hydrogen-bond acceptors (Lipinski definition) is 3. The second kappa shape index (κ2) is 5.19. The predicted octanol–water partition coefficient (Wildman–Crippen LogP) is 2.44. The van der Waals surface area contributed by atoms with Crippen molar-refractivity contribution in [3.63, 3.8) is 0 Å². The Morgan fingerprint density at radius 1 is 1.59 bits per heavy atom. The molecule has 0 spiro atoms. The lowest BCUT2D eigenvalue weighted by Gasteiger charge is -2.40. The van der Waals surface area contributed by atoms with Crippen molar-refractivity contribution >= 4 is 5.97 Å². The van der Waals surface area contributed by atoms with E-state index in [1.807, 2.05) is 20.8 Å². The van der Waals surface area contributed by atoms with Crippen LogP contribution in [0.2, 0.25) is 0 Å². The van der Waals surface area contributed by atoms with Crippen molar-refractivity contribution in [2.24, 2.45) is 11.8 Å². The Bertz CT molecular complexity index is 309. The Morgan fingerprint density at radius 3 is 2.71 bits per heavy atom. The summed E-state index contributed by atoms with van der Waals surface area (Å²) in [6.45, 7) is 11.8. The van der Waals surface area contributed by atoms with Gasteiger partial charge in [0.05, 0.1) is 18.6 Å². The minimum Gasteiger partial charge on any atom is -0.481 e. The molecule has 0 aromatic rings. The van der Waals surface area contributed by atoms with Crippen LogP contribution in [0.25, 0.3) is 0 Å². The molecule has 1 fully saturated rings. The Morgan fingerprint density at radius 2 is 2.18 bits per heavy atom. The molecule has 1 aliphatic heterocycles. The first kappa shape index (κ1) is 14.2. The zero-order chi connectivity index (χ0) is 13.2. The monoisotopic (exact) mass is 242 g/mol. The number of hydrogen-bond donors (Lipinski definition) is 1. The molecular weight excluding hydrogens is 220 g/mol. The highest BCUT2D eigenvalue weighted by atomic mass is 16.7. The molecule has 1 rings (SSSR count). The van der Waals surface area contributed by atoms with E-state index >= 15 is 0 Å². The van der Waals surface area contributed by atoms with E-state index in [1.165, 1.54) is 0 Å².